The van der Waals surface area contributed by atoms with E-state index in [1.165, 1.54) is 0 Å². The van der Waals surface area contributed by atoms with E-state index >= 15 is 0 Å². The molecule has 0 atom stereocenters. The van der Waals surface area contributed by atoms with E-state index < -0.39 is 10.0 Å². The monoisotopic (exact) mass is 258 g/mol. The molecule has 0 saturated carbocycles. The second kappa shape index (κ2) is 6.70. The summed E-state index contributed by atoms with van der Waals surface area (Å²) >= 11 is 0. The fraction of sp³-hybridized carbons (Fsp3) is 0.455. The summed E-state index contributed by atoms with van der Waals surface area (Å²) in [6, 6.07) is 6.86. The quantitative estimate of drug-likeness (QED) is 0.560. The zero-order valence-electron chi connectivity index (χ0n) is 9.85. The van der Waals surface area contributed by atoms with Crippen LogP contribution in [-0.4, -0.2) is 21.6 Å². The van der Waals surface area contributed by atoms with Gasteiger partial charge in [-0.1, -0.05) is 19.1 Å². The fourth-order valence-corrected chi connectivity index (χ4v) is 2.42. The second-order valence-corrected chi connectivity index (χ2v) is 5.39. The van der Waals surface area contributed by atoms with E-state index in [4.69, 9.17) is 5.90 Å². The molecule has 0 aliphatic rings. The van der Waals surface area contributed by atoms with Gasteiger partial charge in [-0.2, -0.15) is 0 Å². The van der Waals surface area contributed by atoms with E-state index in [2.05, 4.69) is 9.56 Å². The number of nitrogens with two attached hydrogens (primary N) is 1. The smallest absolute Gasteiger partial charge is 0.240 e. The van der Waals surface area contributed by atoms with E-state index in [9.17, 15) is 8.42 Å². The Morgan fingerprint density at radius 1 is 1.29 bits per heavy atom. The third kappa shape index (κ3) is 4.43. The Bertz CT molecular complexity index is 429. The number of rotatable bonds is 7. The summed E-state index contributed by atoms with van der Waals surface area (Å²) < 4.78 is 26.1. The van der Waals surface area contributed by atoms with Crippen LogP contribution < -0.4 is 10.6 Å². The first-order valence-electron chi connectivity index (χ1n) is 5.50. The molecule has 6 heteroatoms. The summed E-state index contributed by atoms with van der Waals surface area (Å²) in [7, 11) is -3.41. The van der Waals surface area contributed by atoms with Crippen LogP contribution in [0.15, 0.2) is 29.2 Å². The van der Waals surface area contributed by atoms with Crippen LogP contribution in [0.4, 0.5) is 0 Å². The van der Waals surface area contributed by atoms with Crippen molar-refractivity contribution in [3.05, 3.63) is 29.8 Å². The molecule has 3 N–H and O–H groups in total. The zero-order chi connectivity index (χ0) is 12.7. The normalized spacial score (nSPS) is 11.6. The molecule has 1 rings (SSSR count). The summed E-state index contributed by atoms with van der Waals surface area (Å²) in [5.41, 5.74) is 1.11. The number of hydrogen-bond donors (Lipinski definition) is 2. The first-order valence-corrected chi connectivity index (χ1v) is 6.98. The summed E-state index contributed by atoms with van der Waals surface area (Å²) in [4.78, 5) is 4.64. The van der Waals surface area contributed by atoms with Gasteiger partial charge in [-0.25, -0.2) is 19.0 Å². The van der Waals surface area contributed by atoms with E-state index in [1.54, 1.807) is 12.1 Å². The molecule has 0 amide bonds. The Morgan fingerprint density at radius 3 is 2.47 bits per heavy atom. The Labute approximate surface area is 102 Å². The van der Waals surface area contributed by atoms with Crippen molar-refractivity contribution in [2.24, 2.45) is 5.90 Å². The van der Waals surface area contributed by atoms with Crippen LogP contribution in [0.2, 0.25) is 0 Å². The zero-order valence-corrected chi connectivity index (χ0v) is 10.7. The number of aryl methyl sites for hydroxylation is 1. The van der Waals surface area contributed by atoms with Crippen molar-refractivity contribution >= 4 is 10.0 Å². The molecule has 0 aliphatic heterocycles. The Morgan fingerprint density at radius 2 is 1.94 bits per heavy atom. The van der Waals surface area contributed by atoms with Crippen LogP contribution in [0.1, 0.15) is 18.9 Å². The molecule has 0 heterocycles. The number of nitrogens with one attached hydrogen (secondary N) is 1. The van der Waals surface area contributed by atoms with Gasteiger partial charge in [0.05, 0.1) is 11.5 Å². The maximum Gasteiger partial charge on any atom is 0.240 e. The van der Waals surface area contributed by atoms with Gasteiger partial charge in [0.15, 0.2) is 0 Å². The molecule has 5 nitrogen and oxygen atoms in total. The van der Waals surface area contributed by atoms with Crippen molar-refractivity contribution in [2.45, 2.75) is 24.7 Å². The van der Waals surface area contributed by atoms with E-state index in [0.29, 0.717) is 19.6 Å². The third-order valence-corrected chi connectivity index (χ3v) is 3.85. The molecular weight excluding hydrogens is 240 g/mol. The van der Waals surface area contributed by atoms with Crippen molar-refractivity contribution in [1.82, 2.24) is 4.72 Å². The molecule has 96 valence electrons. The van der Waals surface area contributed by atoms with Gasteiger partial charge in [-0.15, -0.1) is 0 Å². The number of hydrogen-bond acceptors (Lipinski definition) is 4. The first kappa shape index (κ1) is 14.1. The number of benzene rings is 1. The summed E-state index contributed by atoms with van der Waals surface area (Å²) in [6.45, 7) is 2.67. The van der Waals surface area contributed by atoms with Crippen LogP contribution in [0.25, 0.3) is 0 Å². The average molecular weight is 258 g/mol. The van der Waals surface area contributed by atoms with E-state index in [-0.39, 0.29) is 4.90 Å². The average Bonchev–Trinajstić information content (AvgIpc) is 2.35. The van der Waals surface area contributed by atoms with Crippen LogP contribution in [-0.2, 0) is 21.3 Å². The molecule has 0 spiro atoms. The maximum absolute atomic E-state index is 11.8. The minimum Gasteiger partial charge on any atom is -0.305 e. The molecule has 0 radical (unpaired) electrons. The van der Waals surface area contributed by atoms with Crippen LogP contribution in [0, 0.1) is 0 Å². The van der Waals surface area contributed by atoms with Crippen LogP contribution in [0.3, 0.4) is 0 Å². The highest BCUT2D eigenvalue weighted by atomic mass is 32.2. The van der Waals surface area contributed by atoms with Crippen molar-refractivity contribution in [2.75, 3.05) is 13.2 Å². The predicted octanol–water partition coefficient (Wildman–Crippen LogP) is 0.808. The van der Waals surface area contributed by atoms with Gasteiger partial charge >= 0.3 is 0 Å². The highest BCUT2D eigenvalue weighted by molar-refractivity contribution is 7.89. The Balaban J connectivity index is 2.62. The molecule has 0 aromatic heterocycles. The lowest BCUT2D eigenvalue weighted by molar-refractivity contribution is 0.136. The van der Waals surface area contributed by atoms with Crippen molar-refractivity contribution < 1.29 is 13.3 Å². The Kier molecular flexibility index (Phi) is 5.57. The molecule has 17 heavy (non-hydrogen) atoms. The third-order valence-electron chi connectivity index (χ3n) is 2.37. The summed E-state index contributed by atoms with van der Waals surface area (Å²) in [6.07, 6.45) is 1.43. The van der Waals surface area contributed by atoms with Crippen LogP contribution >= 0.6 is 0 Å². The summed E-state index contributed by atoms with van der Waals surface area (Å²) in [5, 5.41) is 0. The van der Waals surface area contributed by atoms with Crippen molar-refractivity contribution in [3.8, 4) is 0 Å². The standard InChI is InChI=1S/C11H18N2O3S/c1-2-10-4-6-11(7-5-10)17(14,15)13-8-3-9-16-12/h4-7,13H,2-3,8-9,12H2,1H3. The second-order valence-electron chi connectivity index (χ2n) is 3.62. The summed E-state index contributed by atoms with van der Waals surface area (Å²) in [5.74, 6) is 4.84. The first-order chi connectivity index (χ1) is 8.10. The van der Waals surface area contributed by atoms with Crippen molar-refractivity contribution in [3.63, 3.8) is 0 Å². The van der Waals surface area contributed by atoms with Gasteiger partial charge < -0.3 is 4.84 Å². The van der Waals surface area contributed by atoms with Gasteiger partial charge in [0.2, 0.25) is 10.0 Å². The van der Waals surface area contributed by atoms with Crippen LogP contribution in [0.5, 0.6) is 0 Å². The van der Waals surface area contributed by atoms with Crippen molar-refractivity contribution in [1.29, 1.82) is 0 Å². The lowest BCUT2D eigenvalue weighted by Crippen LogP contribution is -2.25. The minimum atomic E-state index is -3.41. The minimum absolute atomic E-state index is 0.281. The lowest BCUT2D eigenvalue weighted by Gasteiger charge is -2.06. The largest absolute Gasteiger partial charge is 0.305 e. The van der Waals surface area contributed by atoms with Gasteiger partial charge in [0, 0.05) is 6.54 Å². The van der Waals surface area contributed by atoms with E-state index in [1.807, 2.05) is 19.1 Å². The molecule has 1 aromatic rings. The molecule has 0 unspecified atom stereocenters. The Hall–Kier alpha value is -0.950. The molecule has 0 aliphatic carbocycles. The predicted molar refractivity (Wildman–Crippen MR) is 65.8 cm³/mol. The SMILES string of the molecule is CCc1ccc(S(=O)(=O)NCCCON)cc1. The fourth-order valence-electron chi connectivity index (χ4n) is 1.35. The van der Waals surface area contributed by atoms with Gasteiger partial charge in [0.25, 0.3) is 0 Å². The maximum atomic E-state index is 11.8. The lowest BCUT2D eigenvalue weighted by atomic mass is 10.2. The molecule has 0 fully saturated rings. The van der Waals surface area contributed by atoms with E-state index in [0.717, 1.165) is 12.0 Å². The molecular formula is C11H18N2O3S. The van der Waals surface area contributed by atoms with Gasteiger partial charge in [-0.05, 0) is 30.5 Å². The molecule has 0 saturated heterocycles. The number of sulfonamides is 1. The van der Waals surface area contributed by atoms with Gasteiger partial charge in [-0.3, -0.25) is 0 Å². The highest BCUT2D eigenvalue weighted by Crippen LogP contribution is 2.10. The topological polar surface area (TPSA) is 81.4 Å². The highest BCUT2D eigenvalue weighted by Gasteiger charge is 2.12. The molecule has 0 bridgehead atoms. The van der Waals surface area contributed by atoms with Gasteiger partial charge in [0.1, 0.15) is 0 Å². The molecule has 1 aromatic carbocycles.